The summed E-state index contributed by atoms with van der Waals surface area (Å²) in [6.45, 7) is 11.1. The maximum Gasteiger partial charge on any atom is 0.254 e. The number of nitrogens with zero attached hydrogens (tertiary/aromatic N) is 1. The van der Waals surface area contributed by atoms with Crippen molar-refractivity contribution in [3.8, 4) is 11.5 Å². The molecule has 5 nitrogen and oxygen atoms in total. The molecule has 1 heterocycles. The van der Waals surface area contributed by atoms with Crippen molar-refractivity contribution in [2.24, 2.45) is 0 Å². The van der Waals surface area contributed by atoms with E-state index >= 15 is 0 Å². The molecule has 1 aromatic carbocycles. The topological polar surface area (TPSA) is 50.8 Å². The summed E-state index contributed by atoms with van der Waals surface area (Å²) in [5.41, 5.74) is 0.658. The van der Waals surface area contributed by atoms with Crippen LogP contribution in [0.2, 0.25) is 0 Å². The molecule has 25 heavy (non-hydrogen) atoms. The molecule has 1 aromatic rings. The van der Waals surface area contributed by atoms with Crippen molar-refractivity contribution in [3.05, 3.63) is 23.8 Å². The Hall–Kier alpha value is -1.46. The van der Waals surface area contributed by atoms with E-state index in [2.05, 4.69) is 33.0 Å². The van der Waals surface area contributed by atoms with Gasteiger partial charge in [0.2, 0.25) is 0 Å². The maximum absolute atomic E-state index is 12.9. The third-order valence-corrected chi connectivity index (χ3v) is 4.41. The van der Waals surface area contributed by atoms with Crippen molar-refractivity contribution in [1.82, 2.24) is 10.2 Å². The molecule has 0 bridgehead atoms. The zero-order valence-electron chi connectivity index (χ0n) is 15.7. The molecule has 1 amide bonds. The molecule has 1 aliphatic heterocycles. The Morgan fingerprint density at radius 1 is 1.16 bits per heavy atom. The van der Waals surface area contributed by atoms with Crippen molar-refractivity contribution in [3.63, 3.8) is 0 Å². The summed E-state index contributed by atoms with van der Waals surface area (Å²) in [4.78, 5) is 14.8. The average Bonchev–Trinajstić information content (AvgIpc) is 2.60. The molecule has 142 valence electrons. The number of amides is 1. The Balaban J connectivity index is 0.00000312. The van der Waals surface area contributed by atoms with Crippen LogP contribution in [0.25, 0.3) is 0 Å². The molecule has 6 heteroatoms. The van der Waals surface area contributed by atoms with Crippen LogP contribution in [0.5, 0.6) is 11.5 Å². The predicted molar refractivity (Wildman–Crippen MR) is 103 cm³/mol. The normalized spacial score (nSPS) is 19.9. The van der Waals surface area contributed by atoms with E-state index in [1.165, 1.54) is 0 Å². The molecule has 0 spiro atoms. The number of nitrogens with one attached hydrogen (secondary N) is 1. The van der Waals surface area contributed by atoms with Crippen molar-refractivity contribution in [2.45, 2.75) is 52.6 Å². The molecule has 1 fully saturated rings. The average molecular weight is 371 g/mol. The number of carbonyl (C=O) groups excluding carboxylic acids is 1. The lowest BCUT2D eigenvalue weighted by molar-refractivity contribution is 0.0602. The number of ether oxygens (including phenoxy) is 2. The van der Waals surface area contributed by atoms with Crippen LogP contribution in [-0.4, -0.2) is 49.2 Å². The minimum atomic E-state index is 0. The molecule has 1 N–H and O–H groups in total. The summed E-state index contributed by atoms with van der Waals surface area (Å²) in [7, 11) is 0. The van der Waals surface area contributed by atoms with Crippen LogP contribution >= 0.6 is 12.4 Å². The van der Waals surface area contributed by atoms with Crippen molar-refractivity contribution < 1.29 is 14.3 Å². The lowest BCUT2D eigenvalue weighted by Gasteiger charge is -2.38. The highest BCUT2D eigenvalue weighted by molar-refractivity contribution is 5.95. The van der Waals surface area contributed by atoms with Gasteiger partial charge in [-0.25, -0.2) is 0 Å². The highest BCUT2D eigenvalue weighted by Crippen LogP contribution is 2.30. The molecule has 0 saturated carbocycles. The Labute approximate surface area is 157 Å². The summed E-state index contributed by atoms with van der Waals surface area (Å²) in [6.07, 6.45) is 1.85. The Morgan fingerprint density at radius 3 is 2.44 bits per heavy atom. The number of hydrogen-bond donors (Lipinski definition) is 1. The molecule has 1 saturated heterocycles. The number of carbonyl (C=O) groups is 1. The van der Waals surface area contributed by atoms with E-state index in [9.17, 15) is 4.79 Å². The fraction of sp³-hybridized carbons (Fsp3) is 0.632. The molecule has 1 aliphatic rings. The number of piperazine rings is 1. The highest BCUT2D eigenvalue weighted by atomic mass is 35.5. The Morgan fingerprint density at radius 2 is 1.80 bits per heavy atom. The van der Waals surface area contributed by atoms with E-state index in [1.807, 2.05) is 23.1 Å². The SMILES string of the molecule is CCCOc1ccc(C(=O)N2CCNC(C)C2C)cc1OCCC.Cl. The van der Waals surface area contributed by atoms with Gasteiger partial charge in [-0.05, 0) is 44.9 Å². The first-order valence-corrected chi connectivity index (χ1v) is 9.02. The second kappa shape index (κ2) is 10.5. The van der Waals surface area contributed by atoms with Gasteiger partial charge in [-0.15, -0.1) is 12.4 Å². The number of halogens is 1. The molecule has 2 unspecified atom stereocenters. The van der Waals surface area contributed by atoms with Gasteiger partial charge in [-0.2, -0.15) is 0 Å². The van der Waals surface area contributed by atoms with E-state index in [4.69, 9.17) is 9.47 Å². The molecule has 2 atom stereocenters. The molecule has 0 radical (unpaired) electrons. The van der Waals surface area contributed by atoms with Gasteiger partial charge in [0.25, 0.3) is 5.91 Å². The van der Waals surface area contributed by atoms with E-state index < -0.39 is 0 Å². The summed E-state index contributed by atoms with van der Waals surface area (Å²) >= 11 is 0. The second-order valence-corrected chi connectivity index (χ2v) is 6.34. The van der Waals surface area contributed by atoms with Gasteiger partial charge in [0.05, 0.1) is 13.2 Å². The minimum absolute atomic E-state index is 0. The highest BCUT2D eigenvalue weighted by Gasteiger charge is 2.29. The summed E-state index contributed by atoms with van der Waals surface area (Å²) in [6, 6.07) is 5.98. The van der Waals surface area contributed by atoms with E-state index in [-0.39, 0.29) is 24.4 Å². The monoisotopic (exact) mass is 370 g/mol. The van der Waals surface area contributed by atoms with Crippen LogP contribution in [0.4, 0.5) is 0 Å². The van der Waals surface area contributed by atoms with Crippen LogP contribution in [0, 0.1) is 0 Å². The Bertz CT molecular complexity index is 553. The lowest BCUT2D eigenvalue weighted by atomic mass is 10.0. The van der Waals surface area contributed by atoms with Gasteiger partial charge in [0.15, 0.2) is 11.5 Å². The molecular weight excluding hydrogens is 340 g/mol. The van der Waals surface area contributed by atoms with Gasteiger partial charge in [-0.1, -0.05) is 13.8 Å². The van der Waals surface area contributed by atoms with E-state index in [0.29, 0.717) is 36.3 Å². The predicted octanol–water partition coefficient (Wildman–Crippen LogP) is 3.51. The third kappa shape index (κ3) is 5.51. The van der Waals surface area contributed by atoms with Crippen molar-refractivity contribution in [2.75, 3.05) is 26.3 Å². The van der Waals surface area contributed by atoms with Gasteiger partial charge in [0.1, 0.15) is 0 Å². The standard InChI is InChI=1S/C19H30N2O3.ClH/c1-5-11-23-17-8-7-16(13-18(17)24-12-6-2)19(22)21-10-9-20-14(3)15(21)4;/h7-8,13-15,20H,5-6,9-12H2,1-4H3;1H. The van der Waals surface area contributed by atoms with Crippen LogP contribution < -0.4 is 14.8 Å². The van der Waals surface area contributed by atoms with Crippen LogP contribution in [0.15, 0.2) is 18.2 Å². The smallest absolute Gasteiger partial charge is 0.254 e. The van der Waals surface area contributed by atoms with Gasteiger partial charge in [0, 0.05) is 30.7 Å². The quantitative estimate of drug-likeness (QED) is 0.798. The first-order valence-electron chi connectivity index (χ1n) is 9.02. The number of rotatable bonds is 7. The molecule has 0 aromatic heterocycles. The fourth-order valence-electron chi connectivity index (χ4n) is 2.81. The van der Waals surface area contributed by atoms with Gasteiger partial charge < -0.3 is 19.7 Å². The van der Waals surface area contributed by atoms with Crippen molar-refractivity contribution in [1.29, 1.82) is 0 Å². The zero-order chi connectivity index (χ0) is 17.5. The zero-order valence-corrected chi connectivity index (χ0v) is 16.5. The van der Waals surface area contributed by atoms with Gasteiger partial charge >= 0.3 is 0 Å². The Kier molecular flexibility index (Phi) is 9.08. The first kappa shape index (κ1) is 21.6. The fourth-order valence-corrected chi connectivity index (χ4v) is 2.81. The lowest BCUT2D eigenvalue weighted by Crippen LogP contribution is -2.57. The van der Waals surface area contributed by atoms with Crippen LogP contribution in [0.3, 0.4) is 0 Å². The molecule has 0 aliphatic carbocycles. The third-order valence-electron chi connectivity index (χ3n) is 4.41. The number of hydrogen-bond acceptors (Lipinski definition) is 4. The summed E-state index contributed by atoms with van der Waals surface area (Å²) in [5, 5.41) is 3.40. The molecular formula is C19H31ClN2O3. The number of benzene rings is 1. The van der Waals surface area contributed by atoms with E-state index in [1.54, 1.807) is 0 Å². The maximum atomic E-state index is 12.9. The van der Waals surface area contributed by atoms with E-state index in [0.717, 1.165) is 25.9 Å². The van der Waals surface area contributed by atoms with Gasteiger partial charge in [-0.3, -0.25) is 4.79 Å². The first-order chi connectivity index (χ1) is 11.6. The molecule has 2 rings (SSSR count). The summed E-state index contributed by atoms with van der Waals surface area (Å²) in [5.74, 6) is 1.43. The van der Waals surface area contributed by atoms with Crippen LogP contribution in [0.1, 0.15) is 50.9 Å². The van der Waals surface area contributed by atoms with Crippen LogP contribution in [-0.2, 0) is 0 Å². The minimum Gasteiger partial charge on any atom is -0.490 e. The largest absolute Gasteiger partial charge is 0.490 e. The second-order valence-electron chi connectivity index (χ2n) is 6.34. The summed E-state index contributed by atoms with van der Waals surface area (Å²) < 4.78 is 11.5. The van der Waals surface area contributed by atoms with Crippen molar-refractivity contribution >= 4 is 18.3 Å².